The second-order valence-corrected chi connectivity index (χ2v) is 8.20. The van der Waals surface area contributed by atoms with Crippen LogP contribution in [0.3, 0.4) is 0 Å². The highest BCUT2D eigenvalue weighted by molar-refractivity contribution is 8.04. The minimum Gasteiger partial charge on any atom is -0.354 e. The minimum atomic E-state index is -0.476. The van der Waals surface area contributed by atoms with Gasteiger partial charge in [-0.05, 0) is 31.4 Å². The number of ether oxygens (including phenoxy) is 2. The Balaban J connectivity index is 1.59. The lowest BCUT2D eigenvalue weighted by Crippen LogP contribution is -2.52. The van der Waals surface area contributed by atoms with Gasteiger partial charge in [0.15, 0.2) is 6.29 Å². The largest absolute Gasteiger partial charge is 0.354 e. The van der Waals surface area contributed by atoms with Crippen LogP contribution >= 0.6 is 11.8 Å². The summed E-state index contributed by atoms with van der Waals surface area (Å²) in [6.07, 6.45) is 3.26. The van der Waals surface area contributed by atoms with Crippen LogP contribution in [0, 0.1) is 11.7 Å². The van der Waals surface area contributed by atoms with Crippen LogP contribution in [-0.4, -0.2) is 50.2 Å². The van der Waals surface area contributed by atoms with E-state index < -0.39 is 6.29 Å². The summed E-state index contributed by atoms with van der Waals surface area (Å²) in [5.41, 5.74) is 0.400. The van der Waals surface area contributed by atoms with Gasteiger partial charge in [-0.2, -0.15) is 0 Å². The molecule has 0 spiro atoms. The van der Waals surface area contributed by atoms with E-state index in [2.05, 4.69) is 10.6 Å². The van der Waals surface area contributed by atoms with E-state index >= 15 is 0 Å². The molecule has 0 aromatic heterocycles. The van der Waals surface area contributed by atoms with Crippen LogP contribution in [0.5, 0.6) is 0 Å². The topological polar surface area (TPSA) is 76.7 Å². The minimum absolute atomic E-state index is 0.0514. The second kappa shape index (κ2) is 9.54. The van der Waals surface area contributed by atoms with Gasteiger partial charge in [0, 0.05) is 37.0 Å². The molecule has 1 saturated heterocycles. The number of amides is 2. The van der Waals surface area contributed by atoms with Gasteiger partial charge in [0.05, 0.1) is 11.4 Å². The lowest BCUT2D eigenvalue weighted by molar-refractivity contribution is -0.132. The maximum Gasteiger partial charge on any atom is 0.257 e. The molecule has 2 amide bonds. The summed E-state index contributed by atoms with van der Waals surface area (Å²) in [6, 6.07) is 6.32. The van der Waals surface area contributed by atoms with Crippen molar-refractivity contribution in [3.05, 3.63) is 40.6 Å². The van der Waals surface area contributed by atoms with E-state index in [0.29, 0.717) is 16.9 Å². The molecule has 2 aliphatic rings. The normalized spacial score (nSPS) is 26.1. The fourth-order valence-corrected chi connectivity index (χ4v) is 4.84. The van der Waals surface area contributed by atoms with Gasteiger partial charge >= 0.3 is 0 Å². The van der Waals surface area contributed by atoms with Crippen LogP contribution in [0.15, 0.2) is 29.2 Å². The molecule has 152 valence electrons. The molecule has 1 aliphatic heterocycles. The number of carbonyl (C=O) groups is 2. The third-order valence-electron chi connectivity index (χ3n) is 5.14. The molecule has 3 atom stereocenters. The van der Waals surface area contributed by atoms with Gasteiger partial charge in [-0.3, -0.25) is 9.59 Å². The van der Waals surface area contributed by atoms with E-state index in [-0.39, 0.29) is 41.4 Å². The second-order valence-electron chi connectivity index (χ2n) is 6.92. The first-order valence-corrected chi connectivity index (χ1v) is 10.2. The van der Waals surface area contributed by atoms with Crippen LogP contribution in [-0.2, 0) is 19.1 Å². The summed E-state index contributed by atoms with van der Waals surface area (Å²) in [5.74, 6) is -0.774. The van der Waals surface area contributed by atoms with Crippen LogP contribution in [0.4, 0.5) is 4.39 Å². The highest BCUT2D eigenvalue weighted by Crippen LogP contribution is 2.40. The predicted octanol–water partition coefficient (Wildman–Crippen LogP) is 2.30. The average molecular weight is 408 g/mol. The molecule has 1 saturated carbocycles. The van der Waals surface area contributed by atoms with Gasteiger partial charge in [0.1, 0.15) is 5.82 Å². The Morgan fingerprint density at radius 3 is 2.82 bits per heavy atom. The number of fused-ring (bicyclic) bond motifs is 1. The lowest BCUT2D eigenvalue weighted by Gasteiger charge is -2.39. The fourth-order valence-electron chi connectivity index (χ4n) is 3.55. The van der Waals surface area contributed by atoms with Crippen molar-refractivity contribution in [1.29, 1.82) is 0 Å². The van der Waals surface area contributed by atoms with Crippen molar-refractivity contribution in [2.75, 3.05) is 20.8 Å². The van der Waals surface area contributed by atoms with Gasteiger partial charge in [0.25, 0.3) is 5.91 Å². The monoisotopic (exact) mass is 408 g/mol. The smallest absolute Gasteiger partial charge is 0.257 e. The lowest BCUT2D eigenvalue weighted by atomic mass is 9.84. The molecule has 1 aromatic carbocycles. The van der Waals surface area contributed by atoms with Gasteiger partial charge in [0.2, 0.25) is 5.91 Å². The molecule has 8 heteroatoms. The van der Waals surface area contributed by atoms with Gasteiger partial charge in [-0.25, -0.2) is 4.39 Å². The van der Waals surface area contributed by atoms with Crippen molar-refractivity contribution in [3.63, 3.8) is 0 Å². The first-order chi connectivity index (χ1) is 13.5. The number of halogens is 1. The van der Waals surface area contributed by atoms with E-state index in [0.717, 1.165) is 12.8 Å². The van der Waals surface area contributed by atoms with E-state index in [1.807, 2.05) is 0 Å². The molecule has 0 radical (unpaired) electrons. The average Bonchev–Trinajstić information content (AvgIpc) is 2.70. The fraction of sp³-hybridized carbons (Fsp3) is 0.500. The molecule has 1 heterocycles. The first kappa shape index (κ1) is 20.8. The molecular formula is C20H25FN2O4S. The van der Waals surface area contributed by atoms with Crippen LogP contribution in [0.1, 0.15) is 24.8 Å². The van der Waals surface area contributed by atoms with Crippen molar-refractivity contribution < 1.29 is 23.5 Å². The molecule has 1 aliphatic carbocycles. The third kappa shape index (κ3) is 4.92. The van der Waals surface area contributed by atoms with Gasteiger partial charge < -0.3 is 20.1 Å². The maximum atomic E-state index is 13.9. The summed E-state index contributed by atoms with van der Waals surface area (Å²) in [5, 5.41) is 6.03. The highest BCUT2D eigenvalue weighted by Gasteiger charge is 2.39. The van der Waals surface area contributed by atoms with Crippen molar-refractivity contribution >= 4 is 29.7 Å². The first-order valence-electron chi connectivity index (χ1n) is 9.29. The van der Waals surface area contributed by atoms with Crippen LogP contribution < -0.4 is 10.6 Å². The number of methoxy groups -OCH3 is 2. The summed E-state index contributed by atoms with van der Waals surface area (Å²) in [4.78, 5) is 25.4. The summed E-state index contributed by atoms with van der Waals surface area (Å²) < 4.78 is 24.0. The van der Waals surface area contributed by atoms with Crippen molar-refractivity contribution in [2.45, 2.75) is 36.8 Å². The number of hydrogen-bond acceptors (Lipinski definition) is 5. The predicted molar refractivity (Wildman–Crippen MR) is 106 cm³/mol. The van der Waals surface area contributed by atoms with Gasteiger partial charge in [-0.1, -0.05) is 18.2 Å². The van der Waals surface area contributed by atoms with Crippen molar-refractivity contribution in [1.82, 2.24) is 10.6 Å². The summed E-state index contributed by atoms with van der Waals surface area (Å²) >= 11 is 1.48. The number of rotatable bonds is 6. The molecule has 3 rings (SSSR count). The number of benzene rings is 1. The highest BCUT2D eigenvalue weighted by atomic mass is 32.2. The number of carbonyl (C=O) groups excluding carboxylic acids is 2. The zero-order valence-corrected chi connectivity index (χ0v) is 16.8. The molecule has 0 bridgehead atoms. The van der Waals surface area contributed by atoms with Gasteiger partial charge in [-0.15, -0.1) is 11.8 Å². The molecular weight excluding hydrogens is 383 g/mol. The zero-order chi connectivity index (χ0) is 20.1. The molecule has 1 aromatic rings. The molecule has 2 fully saturated rings. The zero-order valence-electron chi connectivity index (χ0n) is 15.9. The van der Waals surface area contributed by atoms with E-state index in [1.54, 1.807) is 24.3 Å². The number of hydrogen-bond donors (Lipinski definition) is 2. The van der Waals surface area contributed by atoms with Crippen molar-refractivity contribution in [2.24, 2.45) is 5.92 Å². The Hall–Kier alpha value is -1.90. The standard InChI is InChI=1S/C20H25FN2O4S/c1-26-18(27-2)11-22-19(24)13-7-8-16-15(9-13)23-20(25)17(28-16)10-12-5-3-4-6-14(12)21/h3-6,10,13,15-16,18H,7-9,11H2,1-2H3,(H,22,24)(H,23,25)/b17-10+. The molecule has 2 N–H and O–H groups in total. The Kier molecular flexibility index (Phi) is 7.09. The Morgan fingerprint density at radius 1 is 1.36 bits per heavy atom. The third-order valence-corrected chi connectivity index (χ3v) is 6.56. The Bertz CT molecular complexity index is 753. The van der Waals surface area contributed by atoms with E-state index in [1.165, 1.54) is 32.0 Å². The molecule has 28 heavy (non-hydrogen) atoms. The number of nitrogens with one attached hydrogen (secondary N) is 2. The van der Waals surface area contributed by atoms with E-state index in [4.69, 9.17) is 9.47 Å². The Morgan fingerprint density at radius 2 is 2.11 bits per heavy atom. The summed E-state index contributed by atoms with van der Waals surface area (Å²) in [7, 11) is 3.04. The molecule has 6 nitrogen and oxygen atoms in total. The SMILES string of the molecule is COC(CNC(=O)C1CCC2S/C(=C/c3ccccc3F)C(=O)NC2C1)OC. The number of thioether (sulfide) groups is 1. The summed E-state index contributed by atoms with van der Waals surface area (Å²) in [6.45, 7) is 0.285. The van der Waals surface area contributed by atoms with Crippen molar-refractivity contribution in [3.8, 4) is 0 Å². The quantitative estimate of drug-likeness (QED) is 0.558. The molecule has 3 unspecified atom stereocenters. The van der Waals surface area contributed by atoms with Crippen LogP contribution in [0.2, 0.25) is 0 Å². The van der Waals surface area contributed by atoms with E-state index in [9.17, 15) is 14.0 Å². The van der Waals surface area contributed by atoms with Crippen LogP contribution in [0.25, 0.3) is 6.08 Å². The maximum absolute atomic E-state index is 13.9. The Labute approximate surface area is 168 Å².